The quantitative estimate of drug-likeness (QED) is 0.554. The maximum atomic E-state index is 12.9. The summed E-state index contributed by atoms with van der Waals surface area (Å²) in [6, 6.07) is 8.27. The molecule has 0 atom stereocenters. The monoisotopic (exact) mass is 338 g/mol. The molecule has 0 N–H and O–H groups in total. The normalized spacial score (nSPS) is 11.7. The molecule has 0 aliphatic rings. The fourth-order valence-electron chi connectivity index (χ4n) is 1.81. The first-order valence-corrected chi connectivity index (χ1v) is 6.83. The smallest absolute Gasteiger partial charge is 0.166 e. The molecule has 2 aromatic rings. The van der Waals surface area contributed by atoms with Crippen LogP contribution in [0, 0.1) is 0 Å². The average molecular weight is 340 g/mol. The Labute approximate surface area is 129 Å². The van der Waals surface area contributed by atoms with Crippen LogP contribution in [-0.4, -0.2) is 0 Å². The van der Waals surface area contributed by atoms with Crippen LogP contribution in [0.5, 0.6) is 0 Å². The Hall–Kier alpha value is -0.900. The Morgan fingerprint density at radius 2 is 1.65 bits per heavy atom. The zero-order valence-corrected chi connectivity index (χ0v) is 12.2. The minimum absolute atomic E-state index is 0.0187. The van der Waals surface area contributed by atoms with Crippen molar-refractivity contribution in [2.24, 2.45) is 0 Å². The lowest BCUT2D eigenvalue weighted by Crippen LogP contribution is -2.05. The number of alkyl halides is 4. The summed E-state index contributed by atoms with van der Waals surface area (Å²) in [6.07, 6.45) is -4.44. The molecule has 0 unspecified atom stereocenters. The largest absolute Gasteiger partial charge is 0.416 e. The fraction of sp³-hybridized carbons (Fsp3) is 0.143. The van der Waals surface area contributed by atoms with Gasteiger partial charge in [0, 0.05) is 21.5 Å². The molecule has 2 rings (SSSR count). The standard InChI is InChI=1S/C14H8Cl3F3/c15-7-8-3-9(5-10(4-8)14(18,19)20)12-6-11(16)1-2-13(12)17/h1-6H,7H2. The third-order valence-electron chi connectivity index (χ3n) is 2.71. The van der Waals surface area contributed by atoms with Crippen molar-refractivity contribution in [1.82, 2.24) is 0 Å². The summed E-state index contributed by atoms with van der Waals surface area (Å²) >= 11 is 17.5. The maximum absolute atomic E-state index is 12.9. The van der Waals surface area contributed by atoms with Crippen molar-refractivity contribution < 1.29 is 13.2 Å². The van der Waals surface area contributed by atoms with Gasteiger partial charge >= 0.3 is 6.18 Å². The first-order valence-electron chi connectivity index (χ1n) is 5.54. The summed E-state index contributed by atoms with van der Waals surface area (Å²) in [5.41, 5.74) is 0.383. The summed E-state index contributed by atoms with van der Waals surface area (Å²) < 4.78 is 38.6. The molecule has 106 valence electrons. The van der Waals surface area contributed by atoms with E-state index in [1.807, 2.05) is 0 Å². The van der Waals surface area contributed by atoms with Gasteiger partial charge in [-0.3, -0.25) is 0 Å². The highest BCUT2D eigenvalue weighted by atomic mass is 35.5. The molecule has 0 spiro atoms. The highest BCUT2D eigenvalue weighted by molar-refractivity contribution is 6.35. The minimum Gasteiger partial charge on any atom is -0.166 e. The lowest BCUT2D eigenvalue weighted by atomic mass is 10.00. The van der Waals surface area contributed by atoms with E-state index in [2.05, 4.69) is 0 Å². The zero-order chi connectivity index (χ0) is 14.9. The first kappa shape index (κ1) is 15.5. The Kier molecular flexibility index (Phi) is 4.52. The summed E-state index contributed by atoms with van der Waals surface area (Å²) in [6.45, 7) is 0. The van der Waals surface area contributed by atoms with Gasteiger partial charge in [-0.15, -0.1) is 11.6 Å². The van der Waals surface area contributed by atoms with Crippen LogP contribution in [0.2, 0.25) is 10.0 Å². The lowest BCUT2D eigenvalue weighted by Gasteiger charge is -2.12. The molecule has 0 saturated carbocycles. The Bertz CT molecular complexity index is 636. The third-order valence-corrected chi connectivity index (χ3v) is 3.59. The van der Waals surface area contributed by atoms with Gasteiger partial charge in [-0.25, -0.2) is 0 Å². The first-order chi connectivity index (χ1) is 9.31. The average Bonchev–Trinajstić information content (AvgIpc) is 2.40. The van der Waals surface area contributed by atoms with Gasteiger partial charge < -0.3 is 0 Å². The van der Waals surface area contributed by atoms with E-state index in [0.29, 0.717) is 26.7 Å². The number of halogens is 6. The number of rotatable bonds is 2. The van der Waals surface area contributed by atoms with E-state index >= 15 is 0 Å². The van der Waals surface area contributed by atoms with Crippen molar-refractivity contribution in [1.29, 1.82) is 0 Å². The lowest BCUT2D eigenvalue weighted by molar-refractivity contribution is -0.137. The second-order valence-electron chi connectivity index (χ2n) is 4.17. The van der Waals surface area contributed by atoms with Crippen LogP contribution < -0.4 is 0 Å². The van der Waals surface area contributed by atoms with Crippen LogP contribution in [0.25, 0.3) is 11.1 Å². The van der Waals surface area contributed by atoms with E-state index in [1.54, 1.807) is 18.2 Å². The predicted molar refractivity (Wildman–Crippen MR) is 76.5 cm³/mol. The molecule has 0 saturated heterocycles. The highest BCUT2D eigenvalue weighted by Gasteiger charge is 2.31. The number of hydrogen-bond donors (Lipinski definition) is 0. The van der Waals surface area contributed by atoms with Crippen LogP contribution in [0.1, 0.15) is 11.1 Å². The Balaban J connectivity index is 2.64. The van der Waals surface area contributed by atoms with E-state index in [0.717, 1.165) is 12.1 Å². The van der Waals surface area contributed by atoms with Crippen LogP contribution in [0.3, 0.4) is 0 Å². The molecule has 0 nitrogen and oxygen atoms in total. The summed E-state index contributed by atoms with van der Waals surface area (Å²) in [5, 5.41) is 0.725. The van der Waals surface area contributed by atoms with Crippen molar-refractivity contribution in [3.05, 3.63) is 57.6 Å². The van der Waals surface area contributed by atoms with Crippen molar-refractivity contribution >= 4 is 34.8 Å². The topological polar surface area (TPSA) is 0 Å². The van der Waals surface area contributed by atoms with Gasteiger partial charge in [0.1, 0.15) is 0 Å². The zero-order valence-electron chi connectivity index (χ0n) is 9.94. The Morgan fingerprint density at radius 3 is 2.25 bits per heavy atom. The van der Waals surface area contributed by atoms with Gasteiger partial charge in [-0.1, -0.05) is 23.2 Å². The van der Waals surface area contributed by atoms with Crippen LogP contribution >= 0.6 is 34.8 Å². The predicted octanol–water partition coefficient (Wildman–Crippen LogP) is 6.42. The molecular weight excluding hydrogens is 332 g/mol. The van der Waals surface area contributed by atoms with Crippen molar-refractivity contribution in [3.8, 4) is 11.1 Å². The summed E-state index contributed by atoms with van der Waals surface area (Å²) in [4.78, 5) is 0. The van der Waals surface area contributed by atoms with Crippen molar-refractivity contribution in [2.45, 2.75) is 12.1 Å². The van der Waals surface area contributed by atoms with E-state index in [9.17, 15) is 13.2 Å². The molecular formula is C14H8Cl3F3. The summed E-state index contributed by atoms with van der Waals surface area (Å²) in [5.74, 6) is -0.0187. The minimum atomic E-state index is -4.44. The van der Waals surface area contributed by atoms with Crippen LogP contribution in [-0.2, 0) is 12.1 Å². The molecule has 0 aliphatic carbocycles. The molecule has 0 fully saturated rings. The van der Waals surface area contributed by atoms with Crippen LogP contribution in [0.15, 0.2) is 36.4 Å². The van der Waals surface area contributed by atoms with Crippen molar-refractivity contribution in [2.75, 3.05) is 0 Å². The molecule has 0 aliphatic heterocycles. The van der Waals surface area contributed by atoms with Gasteiger partial charge in [0.2, 0.25) is 0 Å². The van der Waals surface area contributed by atoms with Gasteiger partial charge in [0.25, 0.3) is 0 Å². The summed E-state index contributed by atoms with van der Waals surface area (Å²) in [7, 11) is 0. The second-order valence-corrected chi connectivity index (χ2v) is 5.29. The van der Waals surface area contributed by atoms with Crippen LogP contribution in [0.4, 0.5) is 13.2 Å². The van der Waals surface area contributed by atoms with E-state index in [1.165, 1.54) is 6.07 Å². The van der Waals surface area contributed by atoms with Gasteiger partial charge in [0.05, 0.1) is 5.56 Å². The number of hydrogen-bond acceptors (Lipinski definition) is 0. The van der Waals surface area contributed by atoms with Crippen molar-refractivity contribution in [3.63, 3.8) is 0 Å². The Morgan fingerprint density at radius 1 is 0.950 bits per heavy atom. The van der Waals surface area contributed by atoms with E-state index in [-0.39, 0.29) is 5.88 Å². The van der Waals surface area contributed by atoms with E-state index < -0.39 is 11.7 Å². The SMILES string of the molecule is FC(F)(F)c1cc(CCl)cc(-c2cc(Cl)ccc2Cl)c1. The molecule has 0 amide bonds. The molecule has 0 aromatic heterocycles. The molecule has 6 heteroatoms. The fourth-order valence-corrected chi connectivity index (χ4v) is 2.36. The van der Waals surface area contributed by atoms with E-state index in [4.69, 9.17) is 34.8 Å². The molecule has 0 heterocycles. The molecule has 20 heavy (non-hydrogen) atoms. The highest BCUT2D eigenvalue weighted by Crippen LogP contribution is 2.36. The molecule has 2 aromatic carbocycles. The maximum Gasteiger partial charge on any atom is 0.416 e. The van der Waals surface area contributed by atoms with Gasteiger partial charge in [-0.05, 0) is 47.5 Å². The molecule has 0 radical (unpaired) electrons. The second kappa shape index (κ2) is 5.84. The van der Waals surface area contributed by atoms with Gasteiger partial charge in [0.15, 0.2) is 0 Å². The van der Waals surface area contributed by atoms with Gasteiger partial charge in [-0.2, -0.15) is 13.2 Å². The molecule has 0 bridgehead atoms. The third kappa shape index (κ3) is 3.40. The number of benzene rings is 2.